The largest absolute Gasteiger partial charge is 0.491 e. The number of hydrogen-bond donors (Lipinski definition) is 1. The summed E-state index contributed by atoms with van der Waals surface area (Å²) in [5.74, 6) is 0.755. The third kappa shape index (κ3) is 4.79. The van der Waals surface area contributed by atoms with E-state index in [1.807, 2.05) is 24.3 Å². The molecule has 1 aromatic carbocycles. The van der Waals surface area contributed by atoms with Gasteiger partial charge < -0.3 is 14.8 Å². The maximum Gasteiger partial charge on any atom is 0.217 e. The number of carbonyl (C=O) groups is 1. The van der Waals surface area contributed by atoms with Gasteiger partial charge in [-0.3, -0.25) is 4.79 Å². The van der Waals surface area contributed by atoms with Gasteiger partial charge in [-0.2, -0.15) is 0 Å². The summed E-state index contributed by atoms with van der Waals surface area (Å²) in [5.41, 5.74) is 1.02. The number of nitrogens with one attached hydrogen (secondary N) is 1. The lowest BCUT2D eigenvalue weighted by Gasteiger charge is -2.07. The van der Waals surface area contributed by atoms with Crippen LogP contribution in [0.5, 0.6) is 5.75 Å². The normalized spacial score (nSPS) is 9.88. The standard InChI is InChI=1S/C12H17NO3/c1-10(14)13-9-11-4-3-5-12(8-11)16-7-6-15-2/h3-5,8H,6-7,9H2,1-2H3,(H,13,14). The van der Waals surface area contributed by atoms with E-state index in [2.05, 4.69) is 5.32 Å². The zero-order valence-corrected chi connectivity index (χ0v) is 9.66. The first-order valence-corrected chi connectivity index (χ1v) is 5.17. The number of hydrogen-bond acceptors (Lipinski definition) is 3. The number of amides is 1. The van der Waals surface area contributed by atoms with Gasteiger partial charge in [0.15, 0.2) is 0 Å². The molecule has 0 aromatic heterocycles. The van der Waals surface area contributed by atoms with Crippen LogP contribution in [0.15, 0.2) is 24.3 Å². The highest BCUT2D eigenvalue weighted by Crippen LogP contribution is 2.12. The van der Waals surface area contributed by atoms with Gasteiger partial charge in [0.2, 0.25) is 5.91 Å². The minimum atomic E-state index is -0.0364. The molecule has 0 atom stereocenters. The van der Waals surface area contributed by atoms with Crippen LogP contribution >= 0.6 is 0 Å². The Bertz CT molecular complexity index is 339. The minimum absolute atomic E-state index is 0.0364. The molecule has 0 radical (unpaired) electrons. The van der Waals surface area contributed by atoms with Crippen molar-refractivity contribution >= 4 is 5.91 Å². The molecule has 0 aliphatic heterocycles. The molecule has 0 unspecified atom stereocenters. The van der Waals surface area contributed by atoms with Crippen LogP contribution in [0.1, 0.15) is 12.5 Å². The molecule has 0 spiro atoms. The van der Waals surface area contributed by atoms with Crippen molar-refractivity contribution in [2.75, 3.05) is 20.3 Å². The molecule has 0 saturated carbocycles. The Kier molecular flexibility index (Phi) is 5.36. The molecule has 1 N–H and O–H groups in total. The molecular weight excluding hydrogens is 206 g/mol. The highest BCUT2D eigenvalue weighted by atomic mass is 16.5. The highest BCUT2D eigenvalue weighted by molar-refractivity contribution is 5.72. The zero-order valence-electron chi connectivity index (χ0n) is 9.66. The third-order valence-electron chi connectivity index (χ3n) is 2.00. The van der Waals surface area contributed by atoms with Crippen molar-refractivity contribution in [1.82, 2.24) is 5.32 Å². The summed E-state index contributed by atoms with van der Waals surface area (Å²) in [6.07, 6.45) is 0. The van der Waals surface area contributed by atoms with Crippen molar-refractivity contribution < 1.29 is 14.3 Å². The maximum atomic E-state index is 10.8. The SMILES string of the molecule is COCCOc1cccc(CNC(C)=O)c1. The molecule has 0 bridgehead atoms. The molecule has 0 heterocycles. The molecule has 0 saturated heterocycles. The Balaban J connectivity index is 2.46. The molecule has 0 aliphatic rings. The van der Waals surface area contributed by atoms with Crippen molar-refractivity contribution in [3.05, 3.63) is 29.8 Å². The van der Waals surface area contributed by atoms with E-state index in [9.17, 15) is 4.79 Å². The summed E-state index contributed by atoms with van der Waals surface area (Å²) < 4.78 is 10.3. The fourth-order valence-electron chi connectivity index (χ4n) is 1.21. The first-order valence-electron chi connectivity index (χ1n) is 5.17. The summed E-state index contributed by atoms with van der Waals surface area (Å²) in [7, 11) is 1.64. The van der Waals surface area contributed by atoms with Gasteiger partial charge in [0, 0.05) is 20.6 Å². The quantitative estimate of drug-likeness (QED) is 0.740. The Morgan fingerprint density at radius 3 is 2.88 bits per heavy atom. The van der Waals surface area contributed by atoms with Crippen LogP contribution in [0.25, 0.3) is 0 Å². The summed E-state index contributed by atoms with van der Waals surface area (Å²) in [5, 5.41) is 2.74. The van der Waals surface area contributed by atoms with Crippen LogP contribution in [0.3, 0.4) is 0 Å². The molecule has 0 aliphatic carbocycles. The lowest BCUT2D eigenvalue weighted by Crippen LogP contribution is -2.18. The summed E-state index contributed by atoms with van der Waals surface area (Å²) in [4.78, 5) is 10.8. The Labute approximate surface area is 95.6 Å². The number of carbonyl (C=O) groups excluding carboxylic acids is 1. The van der Waals surface area contributed by atoms with E-state index in [4.69, 9.17) is 9.47 Å². The van der Waals surface area contributed by atoms with E-state index in [1.165, 1.54) is 6.92 Å². The fraction of sp³-hybridized carbons (Fsp3) is 0.417. The van der Waals surface area contributed by atoms with E-state index in [-0.39, 0.29) is 5.91 Å². The van der Waals surface area contributed by atoms with Crippen molar-refractivity contribution in [2.24, 2.45) is 0 Å². The molecular formula is C12H17NO3. The molecule has 1 amide bonds. The molecule has 1 rings (SSSR count). The summed E-state index contributed by atoms with van der Waals surface area (Å²) in [6.45, 7) is 3.12. The van der Waals surface area contributed by atoms with E-state index in [1.54, 1.807) is 7.11 Å². The average Bonchev–Trinajstić information content (AvgIpc) is 2.27. The summed E-state index contributed by atoms with van der Waals surface area (Å²) in [6, 6.07) is 7.64. The first-order chi connectivity index (χ1) is 7.72. The summed E-state index contributed by atoms with van der Waals surface area (Å²) >= 11 is 0. The van der Waals surface area contributed by atoms with Crippen LogP contribution < -0.4 is 10.1 Å². The van der Waals surface area contributed by atoms with Gasteiger partial charge in [0.25, 0.3) is 0 Å². The molecule has 88 valence electrons. The van der Waals surface area contributed by atoms with E-state index >= 15 is 0 Å². The van der Waals surface area contributed by atoms with Crippen LogP contribution in [-0.2, 0) is 16.1 Å². The zero-order chi connectivity index (χ0) is 11.8. The van der Waals surface area contributed by atoms with Gasteiger partial charge in [-0.05, 0) is 17.7 Å². The maximum absolute atomic E-state index is 10.8. The van der Waals surface area contributed by atoms with Crippen molar-refractivity contribution in [1.29, 1.82) is 0 Å². The topological polar surface area (TPSA) is 47.6 Å². The number of methoxy groups -OCH3 is 1. The third-order valence-corrected chi connectivity index (χ3v) is 2.00. The van der Waals surface area contributed by atoms with Crippen LogP contribution in [0.2, 0.25) is 0 Å². The fourth-order valence-corrected chi connectivity index (χ4v) is 1.21. The monoisotopic (exact) mass is 223 g/mol. The van der Waals surface area contributed by atoms with E-state index in [0.29, 0.717) is 19.8 Å². The lowest BCUT2D eigenvalue weighted by molar-refractivity contribution is -0.119. The second-order valence-corrected chi connectivity index (χ2v) is 3.40. The van der Waals surface area contributed by atoms with Gasteiger partial charge in [-0.15, -0.1) is 0 Å². The second-order valence-electron chi connectivity index (χ2n) is 3.40. The molecule has 4 nitrogen and oxygen atoms in total. The number of ether oxygens (including phenoxy) is 2. The molecule has 16 heavy (non-hydrogen) atoms. The van der Waals surface area contributed by atoms with Crippen molar-refractivity contribution in [3.63, 3.8) is 0 Å². The van der Waals surface area contributed by atoms with Crippen LogP contribution in [-0.4, -0.2) is 26.2 Å². The van der Waals surface area contributed by atoms with Crippen LogP contribution in [0.4, 0.5) is 0 Å². The molecule has 1 aromatic rings. The Hall–Kier alpha value is -1.55. The lowest BCUT2D eigenvalue weighted by atomic mass is 10.2. The van der Waals surface area contributed by atoms with Gasteiger partial charge in [-0.1, -0.05) is 12.1 Å². The molecule has 0 fully saturated rings. The highest BCUT2D eigenvalue weighted by Gasteiger charge is 1.98. The molecule has 4 heteroatoms. The van der Waals surface area contributed by atoms with Crippen molar-refractivity contribution in [2.45, 2.75) is 13.5 Å². The number of benzene rings is 1. The van der Waals surface area contributed by atoms with Gasteiger partial charge in [0.05, 0.1) is 6.61 Å². The van der Waals surface area contributed by atoms with E-state index in [0.717, 1.165) is 11.3 Å². The minimum Gasteiger partial charge on any atom is -0.491 e. The first kappa shape index (κ1) is 12.5. The van der Waals surface area contributed by atoms with Crippen LogP contribution in [0, 0.1) is 0 Å². The second kappa shape index (κ2) is 6.85. The predicted octanol–water partition coefficient (Wildman–Crippen LogP) is 1.35. The van der Waals surface area contributed by atoms with Gasteiger partial charge >= 0.3 is 0 Å². The van der Waals surface area contributed by atoms with E-state index < -0.39 is 0 Å². The predicted molar refractivity (Wildman–Crippen MR) is 61.3 cm³/mol. The Morgan fingerprint density at radius 1 is 1.38 bits per heavy atom. The van der Waals surface area contributed by atoms with Gasteiger partial charge in [0.1, 0.15) is 12.4 Å². The van der Waals surface area contributed by atoms with Crippen molar-refractivity contribution in [3.8, 4) is 5.75 Å². The van der Waals surface area contributed by atoms with Gasteiger partial charge in [-0.25, -0.2) is 0 Å². The number of rotatable bonds is 6. The Morgan fingerprint density at radius 2 is 2.19 bits per heavy atom. The average molecular weight is 223 g/mol. The smallest absolute Gasteiger partial charge is 0.217 e.